The van der Waals surface area contributed by atoms with Crippen LogP contribution >= 0.6 is 0 Å². The minimum atomic E-state index is -0.382. The van der Waals surface area contributed by atoms with Gasteiger partial charge in [-0.05, 0) is 5.92 Å². The van der Waals surface area contributed by atoms with Gasteiger partial charge < -0.3 is 5.11 Å². The van der Waals surface area contributed by atoms with Crippen LogP contribution in [0.4, 0.5) is 0 Å². The molecule has 0 bridgehead atoms. The van der Waals surface area contributed by atoms with E-state index in [2.05, 4.69) is 0 Å². The first kappa shape index (κ1) is 6.75. The van der Waals surface area contributed by atoms with Crippen molar-refractivity contribution >= 4 is 5.78 Å². The summed E-state index contributed by atoms with van der Waals surface area (Å²) in [6, 6.07) is 0. The number of carbonyl (C=O) groups is 1. The predicted octanol–water partition coefficient (Wildman–Crippen LogP) is 0.592. The number of hydrogen-bond donors (Lipinski definition) is 1. The van der Waals surface area contributed by atoms with Crippen LogP contribution in [0.3, 0.4) is 0 Å². The highest BCUT2D eigenvalue weighted by Crippen LogP contribution is 2.27. The molecule has 0 aliphatic heterocycles. The SMILES string of the molecule is CC1C(=O)CC(O)[C@@H]1C. The van der Waals surface area contributed by atoms with Gasteiger partial charge in [0.15, 0.2) is 0 Å². The Labute approximate surface area is 54.9 Å². The maximum Gasteiger partial charge on any atom is 0.138 e. The summed E-state index contributed by atoms with van der Waals surface area (Å²) in [5.41, 5.74) is 0. The molecular weight excluding hydrogens is 116 g/mol. The third kappa shape index (κ3) is 0.990. The Morgan fingerprint density at radius 2 is 2.11 bits per heavy atom. The molecule has 1 aliphatic carbocycles. The number of aliphatic hydroxyl groups excluding tert-OH is 1. The van der Waals surface area contributed by atoms with Gasteiger partial charge in [-0.2, -0.15) is 0 Å². The maximum atomic E-state index is 10.8. The summed E-state index contributed by atoms with van der Waals surface area (Å²) in [7, 11) is 0. The van der Waals surface area contributed by atoms with Crippen LogP contribution in [0.1, 0.15) is 20.3 Å². The summed E-state index contributed by atoms with van der Waals surface area (Å²) in [5.74, 6) is 0.437. The molecule has 9 heavy (non-hydrogen) atoms. The minimum absolute atomic E-state index is 0.0694. The van der Waals surface area contributed by atoms with E-state index in [4.69, 9.17) is 5.11 Å². The molecule has 2 heteroatoms. The van der Waals surface area contributed by atoms with E-state index in [0.717, 1.165) is 0 Å². The van der Waals surface area contributed by atoms with Crippen molar-refractivity contribution in [3.63, 3.8) is 0 Å². The molecule has 0 saturated heterocycles. The monoisotopic (exact) mass is 128 g/mol. The number of rotatable bonds is 0. The van der Waals surface area contributed by atoms with Gasteiger partial charge in [0.1, 0.15) is 5.78 Å². The van der Waals surface area contributed by atoms with Crippen LogP contribution in [-0.2, 0) is 4.79 Å². The number of Topliss-reactive ketones (excluding diaryl/α,β-unsaturated/α-hetero) is 1. The number of ketones is 1. The molecule has 1 rings (SSSR count). The molecule has 0 radical (unpaired) electrons. The van der Waals surface area contributed by atoms with E-state index in [1.54, 1.807) is 0 Å². The lowest BCUT2D eigenvalue weighted by Crippen LogP contribution is -2.13. The first-order valence-corrected chi connectivity index (χ1v) is 3.33. The van der Waals surface area contributed by atoms with E-state index in [-0.39, 0.29) is 23.7 Å². The van der Waals surface area contributed by atoms with Gasteiger partial charge in [-0.1, -0.05) is 13.8 Å². The molecule has 1 N–H and O–H groups in total. The van der Waals surface area contributed by atoms with Gasteiger partial charge in [0.2, 0.25) is 0 Å². The van der Waals surface area contributed by atoms with Crippen LogP contribution in [0.15, 0.2) is 0 Å². The fourth-order valence-corrected chi connectivity index (χ4v) is 1.20. The van der Waals surface area contributed by atoms with Gasteiger partial charge in [0.25, 0.3) is 0 Å². The van der Waals surface area contributed by atoms with Crippen molar-refractivity contribution in [1.82, 2.24) is 0 Å². The normalized spacial score (nSPS) is 43.9. The van der Waals surface area contributed by atoms with Crippen LogP contribution in [-0.4, -0.2) is 17.0 Å². The van der Waals surface area contributed by atoms with Crippen molar-refractivity contribution in [2.24, 2.45) is 11.8 Å². The van der Waals surface area contributed by atoms with E-state index in [9.17, 15) is 4.79 Å². The highest BCUT2D eigenvalue weighted by Gasteiger charge is 2.34. The Balaban J connectivity index is 2.65. The summed E-state index contributed by atoms with van der Waals surface area (Å²) >= 11 is 0. The molecule has 0 aromatic heterocycles. The Bertz CT molecular complexity index is 131. The maximum absolute atomic E-state index is 10.8. The van der Waals surface area contributed by atoms with Crippen LogP contribution < -0.4 is 0 Å². The van der Waals surface area contributed by atoms with E-state index in [0.29, 0.717) is 6.42 Å². The fourth-order valence-electron chi connectivity index (χ4n) is 1.20. The average molecular weight is 128 g/mol. The summed E-state index contributed by atoms with van der Waals surface area (Å²) in [6.07, 6.45) is -0.0185. The van der Waals surface area contributed by atoms with Crippen LogP contribution in [0.25, 0.3) is 0 Å². The van der Waals surface area contributed by atoms with Crippen LogP contribution in [0.5, 0.6) is 0 Å². The summed E-state index contributed by atoms with van der Waals surface area (Å²) < 4.78 is 0. The Kier molecular flexibility index (Phi) is 1.58. The lowest BCUT2D eigenvalue weighted by molar-refractivity contribution is -0.120. The standard InChI is InChI=1S/C7H12O2/c1-4-5(2)7(9)3-6(4)8/h4-6,8H,3H2,1-2H3/t4-,5?,6?/m1/s1. The summed E-state index contributed by atoms with van der Waals surface area (Å²) in [6.45, 7) is 3.80. The number of carbonyl (C=O) groups excluding carboxylic acids is 1. The molecule has 0 amide bonds. The predicted molar refractivity (Wildman–Crippen MR) is 34.0 cm³/mol. The third-order valence-corrected chi connectivity index (χ3v) is 2.31. The fraction of sp³-hybridized carbons (Fsp3) is 0.857. The quantitative estimate of drug-likeness (QED) is 0.518. The van der Waals surface area contributed by atoms with Gasteiger partial charge >= 0.3 is 0 Å². The second-order valence-electron chi connectivity index (χ2n) is 2.89. The Morgan fingerprint density at radius 3 is 2.22 bits per heavy atom. The van der Waals surface area contributed by atoms with Gasteiger partial charge in [-0.3, -0.25) is 4.79 Å². The van der Waals surface area contributed by atoms with Crippen molar-refractivity contribution in [3.05, 3.63) is 0 Å². The molecule has 1 fully saturated rings. The Hall–Kier alpha value is -0.370. The molecule has 2 unspecified atom stereocenters. The largest absolute Gasteiger partial charge is 0.392 e. The van der Waals surface area contributed by atoms with Crippen molar-refractivity contribution < 1.29 is 9.90 Å². The highest BCUT2D eigenvalue weighted by atomic mass is 16.3. The van der Waals surface area contributed by atoms with Crippen molar-refractivity contribution in [2.45, 2.75) is 26.4 Å². The number of hydrogen-bond acceptors (Lipinski definition) is 2. The topological polar surface area (TPSA) is 37.3 Å². The van der Waals surface area contributed by atoms with Gasteiger partial charge in [0, 0.05) is 12.3 Å². The summed E-state index contributed by atoms with van der Waals surface area (Å²) in [5, 5.41) is 9.12. The van der Waals surface area contributed by atoms with E-state index in [1.165, 1.54) is 0 Å². The average Bonchev–Trinajstić information content (AvgIpc) is 1.98. The molecule has 0 heterocycles. The molecule has 0 aromatic carbocycles. The van der Waals surface area contributed by atoms with Gasteiger partial charge in [-0.15, -0.1) is 0 Å². The lowest BCUT2D eigenvalue weighted by atomic mass is 9.99. The molecule has 3 atom stereocenters. The Morgan fingerprint density at radius 1 is 1.56 bits per heavy atom. The second kappa shape index (κ2) is 2.10. The molecule has 1 saturated carbocycles. The van der Waals surface area contributed by atoms with Crippen molar-refractivity contribution in [3.8, 4) is 0 Å². The first-order valence-electron chi connectivity index (χ1n) is 3.33. The zero-order chi connectivity index (χ0) is 7.02. The third-order valence-electron chi connectivity index (χ3n) is 2.31. The molecule has 1 aliphatic rings. The van der Waals surface area contributed by atoms with Crippen LogP contribution in [0.2, 0.25) is 0 Å². The lowest BCUT2D eigenvalue weighted by Gasteiger charge is -2.09. The van der Waals surface area contributed by atoms with Crippen LogP contribution in [0, 0.1) is 11.8 Å². The molecule has 52 valence electrons. The van der Waals surface area contributed by atoms with Gasteiger partial charge in [-0.25, -0.2) is 0 Å². The second-order valence-corrected chi connectivity index (χ2v) is 2.89. The molecule has 0 aromatic rings. The number of aliphatic hydroxyl groups is 1. The van der Waals surface area contributed by atoms with E-state index in [1.807, 2.05) is 13.8 Å². The molecule has 0 spiro atoms. The van der Waals surface area contributed by atoms with Crippen molar-refractivity contribution in [1.29, 1.82) is 0 Å². The highest BCUT2D eigenvalue weighted by molar-refractivity contribution is 5.83. The first-order chi connectivity index (χ1) is 4.13. The van der Waals surface area contributed by atoms with E-state index < -0.39 is 0 Å². The minimum Gasteiger partial charge on any atom is -0.392 e. The zero-order valence-corrected chi connectivity index (χ0v) is 5.79. The summed E-state index contributed by atoms with van der Waals surface area (Å²) in [4.78, 5) is 10.8. The van der Waals surface area contributed by atoms with Gasteiger partial charge in [0.05, 0.1) is 6.10 Å². The molecular formula is C7H12O2. The zero-order valence-electron chi connectivity index (χ0n) is 5.79. The van der Waals surface area contributed by atoms with Crippen molar-refractivity contribution in [2.75, 3.05) is 0 Å². The molecule has 2 nitrogen and oxygen atoms in total. The van der Waals surface area contributed by atoms with E-state index >= 15 is 0 Å². The smallest absolute Gasteiger partial charge is 0.138 e.